The molecule has 3 rings (SSSR count). The number of aromatic nitrogens is 3. The van der Waals surface area contributed by atoms with Gasteiger partial charge in [0.05, 0.1) is 19.8 Å². The monoisotopic (exact) mass is 234 g/mol. The third-order valence-electron chi connectivity index (χ3n) is 3.02. The Morgan fingerprint density at radius 2 is 2.35 bits per heavy atom. The molecule has 1 aliphatic heterocycles. The zero-order chi connectivity index (χ0) is 11.8. The van der Waals surface area contributed by atoms with Crippen molar-refractivity contribution in [3.05, 3.63) is 12.1 Å². The molecule has 0 aliphatic carbocycles. The predicted octanol–water partition coefficient (Wildman–Crippen LogP) is 0.983. The van der Waals surface area contributed by atoms with E-state index in [9.17, 15) is 0 Å². The summed E-state index contributed by atoms with van der Waals surface area (Å²) in [4.78, 5) is 8.70. The molecule has 2 aromatic rings. The van der Waals surface area contributed by atoms with Crippen molar-refractivity contribution < 1.29 is 9.47 Å². The quantitative estimate of drug-likeness (QED) is 0.838. The van der Waals surface area contributed by atoms with Gasteiger partial charge >= 0.3 is 0 Å². The molecule has 0 bridgehead atoms. The SMILES string of the molecule is COc1ccc2nc(N)n(C3CCOC3)c2n1. The summed E-state index contributed by atoms with van der Waals surface area (Å²) in [5.41, 5.74) is 7.49. The van der Waals surface area contributed by atoms with Crippen LogP contribution in [-0.4, -0.2) is 34.9 Å². The topological polar surface area (TPSA) is 75.2 Å². The first kappa shape index (κ1) is 10.3. The van der Waals surface area contributed by atoms with Gasteiger partial charge in [0.25, 0.3) is 0 Å². The Balaban J connectivity index is 2.17. The molecular formula is C11H14N4O2. The molecule has 1 fully saturated rings. The summed E-state index contributed by atoms with van der Waals surface area (Å²) in [7, 11) is 1.59. The Morgan fingerprint density at radius 3 is 3.06 bits per heavy atom. The van der Waals surface area contributed by atoms with Crippen LogP contribution < -0.4 is 10.5 Å². The van der Waals surface area contributed by atoms with Crippen LogP contribution in [0, 0.1) is 0 Å². The first-order chi connectivity index (χ1) is 8.29. The standard InChI is InChI=1S/C11H14N4O2/c1-16-9-3-2-8-10(14-9)15(11(12)13-8)7-4-5-17-6-7/h2-3,7H,4-6H2,1H3,(H2,12,13). The van der Waals surface area contributed by atoms with Crippen LogP contribution >= 0.6 is 0 Å². The fourth-order valence-electron chi connectivity index (χ4n) is 2.17. The largest absolute Gasteiger partial charge is 0.481 e. The lowest BCUT2D eigenvalue weighted by Gasteiger charge is -2.12. The summed E-state index contributed by atoms with van der Waals surface area (Å²) in [5.74, 6) is 1.05. The van der Waals surface area contributed by atoms with E-state index in [0.717, 1.165) is 24.2 Å². The number of nitrogens with two attached hydrogens (primary N) is 1. The van der Waals surface area contributed by atoms with E-state index in [1.54, 1.807) is 13.2 Å². The lowest BCUT2D eigenvalue weighted by atomic mass is 10.2. The fraction of sp³-hybridized carbons (Fsp3) is 0.455. The maximum atomic E-state index is 5.94. The average Bonchev–Trinajstić information content (AvgIpc) is 2.93. The lowest BCUT2D eigenvalue weighted by Crippen LogP contribution is -2.12. The highest BCUT2D eigenvalue weighted by Crippen LogP contribution is 2.27. The van der Waals surface area contributed by atoms with Gasteiger partial charge in [0.2, 0.25) is 11.8 Å². The second-order valence-corrected chi connectivity index (χ2v) is 4.05. The van der Waals surface area contributed by atoms with Gasteiger partial charge in [-0.1, -0.05) is 0 Å². The van der Waals surface area contributed by atoms with Crippen LogP contribution in [0.15, 0.2) is 12.1 Å². The predicted molar refractivity (Wildman–Crippen MR) is 63.0 cm³/mol. The number of pyridine rings is 1. The van der Waals surface area contributed by atoms with Crippen LogP contribution in [0.3, 0.4) is 0 Å². The van der Waals surface area contributed by atoms with Crippen LogP contribution in [0.25, 0.3) is 11.2 Å². The van der Waals surface area contributed by atoms with Gasteiger partial charge in [-0.2, -0.15) is 4.98 Å². The second kappa shape index (κ2) is 3.89. The summed E-state index contributed by atoms with van der Waals surface area (Å²) in [6, 6.07) is 3.87. The summed E-state index contributed by atoms with van der Waals surface area (Å²) in [6.07, 6.45) is 0.939. The molecule has 0 amide bonds. The van der Waals surface area contributed by atoms with Crippen molar-refractivity contribution in [2.45, 2.75) is 12.5 Å². The Bertz CT molecular complexity index is 546. The molecule has 0 radical (unpaired) electrons. The number of nitrogens with zero attached hydrogens (tertiary/aromatic N) is 3. The number of imidazole rings is 1. The molecule has 2 N–H and O–H groups in total. The maximum absolute atomic E-state index is 5.94. The average molecular weight is 234 g/mol. The Labute approximate surface area is 98.4 Å². The Kier molecular flexibility index (Phi) is 2.36. The van der Waals surface area contributed by atoms with E-state index in [0.29, 0.717) is 18.4 Å². The Hall–Kier alpha value is -1.82. The molecule has 90 valence electrons. The summed E-state index contributed by atoms with van der Waals surface area (Å²) < 4.78 is 12.4. The van der Waals surface area contributed by atoms with Crippen LogP contribution in [-0.2, 0) is 4.74 Å². The van der Waals surface area contributed by atoms with Gasteiger partial charge in [0.1, 0.15) is 5.52 Å². The highest BCUT2D eigenvalue weighted by atomic mass is 16.5. The van der Waals surface area contributed by atoms with Gasteiger partial charge < -0.3 is 15.2 Å². The molecule has 0 aromatic carbocycles. The maximum Gasteiger partial charge on any atom is 0.215 e. The number of ether oxygens (including phenoxy) is 2. The summed E-state index contributed by atoms with van der Waals surface area (Å²) in [5, 5.41) is 0. The molecule has 6 heteroatoms. The van der Waals surface area contributed by atoms with Crippen molar-refractivity contribution in [3.8, 4) is 5.88 Å². The third kappa shape index (κ3) is 1.61. The fourth-order valence-corrected chi connectivity index (χ4v) is 2.17. The third-order valence-corrected chi connectivity index (χ3v) is 3.02. The van der Waals surface area contributed by atoms with E-state index in [-0.39, 0.29) is 6.04 Å². The van der Waals surface area contributed by atoms with Gasteiger partial charge in [0, 0.05) is 12.7 Å². The van der Waals surface area contributed by atoms with E-state index in [1.807, 2.05) is 10.6 Å². The van der Waals surface area contributed by atoms with E-state index in [4.69, 9.17) is 15.2 Å². The first-order valence-electron chi connectivity index (χ1n) is 5.56. The molecule has 17 heavy (non-hydrogen) atoms. The minimum Gasteiger partial charge on any atom is -0.481 e. The second-order valence-electron chi connectivity index (χ2n) is 4.05. The van der Waals surface area contributed by atoms with Crippen molar-refractivity contribution in [2.75, 3.05) is 26.1 Å². The van der Waals surface area contributed by atoms with Gasteiger partial charge in [-0.3, -0.25) is 4.57 Å². The van der Waals surface area contributed by atoms with Gasteiger partial charge in [-0.15, -0.1) is 0 Å². The van der Waals surface area contributed by atoms with E-state index < -0.39 is 0 Å². The highest BCUT2D eigenvalue weighted by molar-refractivity contribution is 5.75. The van der Waals surface area contributed by atoms with Crippen LogP contribution in [0.1, 0.15) is 12.5 Å². The summed E-state index contributed by atoms with van der Waals surface area (Å²) in [6.45, 7) is 1.42. The van der Waals surface area contributed by atoms with Crippen molar-refractivity contribution in [2.24, 2.45) is 0 Å². The van der Waals surface area contributed by atoms with Crippen LogP contribution in [0.2, 0.25) is 0 Å². The molecule has 1 saturated heterocycles. The molecule has 1 aliphatic rings. The number of hydrogen-bond acceptors (Lipinski definition) is 5. The Morgan fingerprint density at radius 1 is 1.47 bits per heavy atom. The molecule has 1 atom stereocenters. The summed E-state index contributed by atoms with van der Waals surface area (Å²) >= 11 is 0. The number of hydrogen-bond donors (Lipinski definition) is 1. The van der Waals surface area contributed by atoms with Gasteiger partial charge in [0.15, 0.2) is 5.65 Å². The van der Waals surface area contributed by atoms with E-state index in [2.05, 4.69) is 9.97 Å². The van der Waals surface area contributed by atoms with Crippen molar-refractivity contribution in [1.82, 2.24) is 14.5 Å². The highest BCUT2D eigenvalue weighted by Gasteiger charge is 2.23. The first-order valence-corrected chi connectivity index (χ1v) is 5.56. The molecule has 3 heterocycles. The minimum absolute atomic E-state index is 0.222. The molecule has 2 aromatic heterocycles. The van der Waals surface area contributed by atoms with E-state index in [1.165, 1.54) is 0 Å². The normalized spacial score (nSPS) is 19.9. The zero-order valence-electron chi connectivity index (χ0n) is 9.59. The lowest BCUT2D eigenvalue weighted by molar-refractivity contribution is 0.187. The molecular weight excluding hydrogens is 220 g/mol. The number of methoxy groups -OCH3 is 1. The molecule has 0 saturated carbocycles. The number of rotatable bonds is 2. The molecule has 0 spiro atoms. The van der Waals surface area contributed by atoms with Crippen molar-refractivity contribution in [1.29, 1.82) is 0 Å². The zero-order valence-corrected chi connectivity index (χ0v) is 9.59. The van der Waals surface area contributed by atoms with Gasteiger partial charge in [-0.25, -0.2) is 4.98 Å². The van der Waals surface area contributed by atoms with E-state index >= 15 is 0 Å². The van der Waals surface area contributed by atoms with Crippen LogP contribution in [0.5, 0.6) is 5.88 Å². The number of nitrogen functional groups attached to an aromatic ring is 1. The minimum atomic E-state index is 0.222. The van der Waals surface area contributed by atoms with Crippen molar-refractivity contribution >= 4 is 17.1 Å². The number of anilines is 1. The smallest absolute Gasteiger partial charge is 0.215 e. The number of fused-ring (bicyclic) bond motifs is 1. The van der Waals surface area contributed by atoms with Crippen molar-refractivity contribution in [3.63, 3.8) is 0 Å². The van der Waals surface area contributed by atoms with Gasteiger partial charge in [-0.05, 0) is 12.5 Å². The molecule has 6 nitrogen and oxygen atoms in total. The van der Waals surface area contributed by atoms with Crippen LogP contribution in [0.4, 0.5) is 5.95 Å². The molecule has 1 unspecified atom stereocenters.